The highest BCUT2D eigenvalue weighted by Gasteiger charge is 2.53. The summed E-state index contributed by atoms with van der Waals surface area (Å²) in [6.07, 6.45) is 0.347. The van der Waals surface area contributed by atoms with E-state index in [4.69, 9.17) is 18.9 Å². The summed E-state index contributed by atoms with van der Waals surface area (Å²) in [5.74, 6) is -1.75. The molecule has 0 bridgehead atoms. The number of carbonyl (C=O) groups excluding carboxylic acids is 5. The van der Waals surface area contributed by atoms with Crippen molar-refractivity contribution < 1.29 is 42.9 Å². The molecule has 4 rings (SSSR count). The number of hydrogen-bond donors (Lipinski definition) is 1. The lowest BCUT2D eigenvalue weighted by atomic mass is 9.86. The quantitative estimate of drug-likeness (QED) is 0.295. The molecule has 3 amide bonds. The first-order chi connectivity index (χ1) is 21.6. The van der Waals surface area contributed by atoms with Crippen molar-refractivity contribution >= 4 is 29.8 Å². The maximum absolute atomic E-state index is 14.3. The van der Waals surface area contributed by atoms with Gasteiger partial charge in [-0.15, -0.1) is 0 Å². The number of methoxy groups -OCH3 is 2. The van der Waals surface area contributed by atoms with E-state index < -0.39 is 47.7 Å². The van der Waals surface area contributed by atoms with Gasteiger partial charge in [0.15, 0.2) is 6.04 Å². The Bertz CT molecular complexity index is 1370. The average Bonchev–Trinajstić information content (AvgIpc) is 3.71. The topological polar surface area (TPSA) is 141 Å². The predicted octanol–water partition coefficient (Wildman–Crippen LogP) is 3.01. The van der Waals surface area contributed by atoms with Crippen LogP contribution in [0.15, 0.2) is 54.6 Å². The molecule has 2 aromatic rings. The Morgan fingerprint density at radius 3 is 2.31 bits per heavy atom. The molecule has 1 unspecified atom stereocenters. The molecule has 1 N–H and O–H groups in total. The highest BCUT2D eigenvalue weighted by Crippen LogP contribution is 2.36. The molecule has 2 aliphatic heterocycles. The van der Waals surface area contributed by atoms with Gasteiger partial charge in [0.2, 0.25) is 11.8 Å². The summed E-state index contributed by atoms with van der Waals surface area (Å²) >= 11 is 0. The maximum atomic E-state index is 14.3. The van der Waals surface area contributed by atoms with Gasteiger partial charge in [-0.25, -0.2) is 9.59 Å². The third-order valence-corrected chi connectivity index (χ3v) is 8.37. The molecule has 0 spiro atoms. The Hall–Kier alpha value is -4.61. The van der Waals surface area contributed by atoms with Crippen LogP contribution in [0.2, 0.25) is 0 Å². The molecule has 45 heavy (non-hydrogen) atoms. The van der Waals surface area contributed by atoms with Crippen LogP contribution < -0.4 is 10.1 Å². The first kappa shape index (κ1) is 33.3. The third kappa shape index (κ3) is 7.73. The number of nitrogens with one attached hydrogen (secondary N) is 1. The summed E-state index contributed by atoms with van der Waals surface area (Å²) in [4.78, 5) is 69.2. The van der Waals surface area contributed by atoms with E-state index in [9.17, 15) is 24.0 Å². The largest absolute Gasteiger partial charge is 0.497 e. The molecule has 4 atom stereocenters. The number of ether oxygens (including phenoxy) is 4. The molecule has 0 radical (unpaired) electrons. The first-order valence-corrected chi connectivity index (χ1v) is 15.1. The fraction of sp³-hybridized carbons (Fsp3) is 0.485. The zero-order chi connectivity index (χ0) is 32.6. The van der Waals surface area contributed by atoms with Gasteiger partial charge in [-0.05, 0) is 55.9 Å². The average molecular weight is 624 g/mol. The molecule has 12 heteroatoms. The van der Waals surface area contributed by atoms with Crippen molar-refractivity contribution in [3.63, 3.8) is 0 Å². The van der Waals surface area contributed by atoms with Crippen LogP contribution in [-0.4, -0.2) is 90.7 Å². The van der Waals surface area contributed by atoms with E-state index in [0.29, 0.717) is 38.0 Å². The van der Waals surface area contributed by atoms with Crippen LogP contribution in [0.4, 0.5) is 4.79 Å². The SMILES string of the molecule is COC(=O)[C@@H](NC(=O)C1(Cc2ccc(OC)cc2)CCCN1C(=O)[C@@H]1CCCN1C(=O)OCc1ccccc1)[C@@H](C)OC(C)=O. The summed E-state index contributed by atoms with van der Waals surface area (Å²) in [6.45, 7) is 3.37. The first-order valence-electron chi connectivity index (χ1n) is 15.1. The van der Waals surface area contributed by atoms with E-state index >= 15 is 0 Å². The lowest BCUT2D eigenvalue weighted by Gasteiger charge is -2.40. The summed E-state index contributed by atoms with van der Waals surface area (Å²) in [7, 11) is 2.73. The van der Waals surface area contributed by atoms with E-state index in [1.807, 2.05) is 42.5 Å². The zero-order valence-corrected chi connectivity index (χ0v) is 26.2. The highest BCUT2D eigenvalue weighted by molar-refractivity contribution is 5.97. The van der Waals surface area contributed by atoms with E-state index in [1.54, 1.807) is 19.2 Å². The normalized spacial score (nSPS) is 20.6. The molecule has 2 aliphatic rings. The highest BCUT2D eigenvalue weighted by atomic mass is 16.6. The van der Waals surface area contributed by atoms with Crippen molar-refractivity contribution in [2.45, 2.75) is 76.3 Å². The standard InChI is InChI=1S/C33H41N3O9/c1-22(45-23(2)37)28(30(39)43-4)34-31(40)33(20-24-13-15-26(42-3)16-14-24)17-9-19-36(33)29(38)27-12-8-18-35(27)32(41)44-21-25-10-6-5-7-11-25/h5-7,10-11,13-16,22,27-28H,8-9,12,17-21H2,1-4H3,(H,34,40)/t22-,27+,28+,33?/m1/s1. The molecule has 242 valence electrons. The number of rotatable bonds is 11. The number of likely N-dealkylation sites (tertiary alicyclic amines) is 2. The molecule has 2 heterocycles. The minimum absolute atomic E-state index is 0.0695. The number of benzene rings is 2. The zero-order valence-electron chi connectivity index (χ0n) is 26.2. The monoisotopic (exact) mass is 623 g/mol. The van der Waals surface area contributed by atoms with E-state index in [-0.39, 0.29) is 25.5 Å². The molecule has 2 aromatic carbocycles. The Kier molecular flexibility index (Phi) is 11.0. The predicted molar refractivity (Wildman–Crippen MR) is 162 cm³/mol. The molecule has 2 fully saturated rings. The van der Waals surface area contributed by atoms with Gasteiger partial charge in [0, 0.05) is 26.4 Å². The van der Waals surface area contributed by atoms with Crippen LogP contribution in [0, 0.1) is 0 Å². The number of carbonyl (C=O) groups is 5. The Balaban J connectivity index is 1.62. The Morgan fingerprint density at radius 2 is 1.67 bits per heavy atom. The minimum atomic E-state index is -1.41. The van der Waals surface area contributed by atoms with Crippen LogP contribution in [-0.2, 0) is 46.4 Å². The van der Waals surface area contributed by atoms with Gasteiger partial charge < -0.3 is 29.2 Å². The van der Waals surface area contributed by atoms with Gasteiger partial charge in [0.05, 0.1) is 14.2 Å². The minimum Gasteiger partial charge on any atom is -0.497 e. The molecule has 0 aliphatic carbocycles. The van der Waals surface area contributed by atoms with Crippen molar-refractivity contribution in [3.05, 3.63) is 65.7 Å². The molecule has 12 nitrogen and oxygen atoms in total. The molecule has 0 saturated carbocycles. The number of amides is 3. The van der Waals surface area contributed by atoms with Crippen LogP contribution in [0.1, 0.15) is 50.7 Å². The van der Waals surface area contributed by atoms with Gasteiger partial charge in [-0.3, -0.25) is 19.3 Å². The van der Waals surface area contributed by atoms with Crippen molar-refractivity contribution in [2.75, 3.05) is 27.3 Å². The summed E-state index contributed by atoms with van der Waals surface area (Å²) in [6, 6.07) is 14.3. The summed E-state index contributed by atoms with van der Waals surface area (Å²) in [5, 5.41) is 2.73. The molecular formula is C33H41N3O9. The molecule has 0 aromatic heterocycles. The number of nitrogens with zero attached hydrogens (tertiary/aromatic N) is 2. The number of esters is 2. The molecule has 2 saturated heterocycles. The third-order valence-electron chi connectivity index (χ3n) is 8.37. The summed E-state index contributed by atoms with van der Waals surface area (Å²) in [5.41, 5.74) is 0.181. The Labute approximate surface area is 262 Å². The second-order valence-corrected chi connectivity index (χ2v) is 11.3. The smallest absolute Gasteiger partial charge is 0.410 e. The second-order valence-electron chi connectivity index (χ2n) is 11.3. The molecular weight excluding hydrogens is 582 g/mol. The lowest BCUT2D eigenvalue weighted by molar-refractivity contribution is -0.158. The van der Waals surface area contributed by atoms with Crippen LogP contribution >= 0.6 is 0 Å². The van der Waals surface area contributed by atoms with E-state index in [2.05, 4.69) is 5.32 Å². The van der Waals surface area contributed by atoms with Crippen molar-refractivity contribution in [3.8, 4) is 5.75 Å². The summed E-state index contributed by atoms with van der Waals surface area (Å²) < 4.78 is 21.0. The van der Waals surface area contributed by atoms with E-state index in [0.717, 1.165) is 11.1 Å². The Morgan fingerprint density at radius 1 is 0.956 bits per heavy atom. The van der Waals surface area contributed by atoms with Crippen LogP contribution in [0.5, 0.6) is 5.75 Å². The van der Waals surface area contributed by atoms with Crippen molar-refractivity contribution in [2.24, 2.45) is 0 Å². The van der Waals surface area contributed by atoms with Gasteiger partial charge in [0.25, 0.3) is 0 Å². The number of hydrogen-bond acceptors (Lipinski definition) is 9. The fourth-order valence-electron chi connectivity index (χ4n) is 6.11. The second kappa shape index (κ2) is 14.9. The van der Waals surface area contributed by atoms with Gasteiger partial charge >= 0.3 is 18.0 Å². The van der Waals surface area contributed by atoms with Crippen LogP contribution in [0.25, 0.3) is 0 Å². The lowest BCUT2D eigenvalue weighted by Crippen LogP contribution is -2.64. The maximum Gasteiger partial charge on any atom is 0.410 e. The van der Waals surface area contributed by atoms with Gasteiger partial charge in [-0.1, -0.05) is 42.5 Å². The van der Waals surface area contributed by atoms with Gasteiger partial charge in [0.1, 0.15) is 30.0 Å². The fourth-order valence-corrected chi connectivity index (χ4v) is 6.11. The van der Waals surface area contributed by atoms with Crippen LogP contribution in [0.3, 0.4) is 0 Å². The van der Waals surface area contributed by atoms with Gasteiger partial charge in [-0.2, -0.15) is 0 Å². The van der Waals surface area contributed by atoms with Crippen molar-refractivity contribution in [1.29, 1.82) is 0 Å². The van der Waals surface area contributed by atoms with Crippen molar-refractivity contribution in [1.82, 2.24) is 15.1 Å². The van der Waals surface area contributed by atoms with E-state index in [1.165, 1.54) is 30.8 Å².